The van der Waals surface area contributed by atoms with Crippen LogP contribution >= 0.6 is 0 Å². The fourth-order valence-corrected chi connectivity index (χ4v) is 2.15. The predicted molar refractivity (Wildman–Crippen MR) is 90.6 cm³/mol. The van der Waals surface area contributed by atoms with Crippen LogP contribution in [0.15, 0.2) is 66.2 Å². The number of para-hydroxylation sites is 2. The van der Waals surface area contributed by atoms with Gasteiger partial charge in [-0.1, -0.05) is 42.0 Å². The minimum atomic E-state index is -0.469. The van der Waals surface area contributed by atoms with E-state index in [-0.39, 0.29) is 18.1 Å². The number of carbonyl (C=O) groups is 1. The van der Waals surface area contributed by atoms with Gasteiger partial charge in [-0.2, -0.15) is 0 Å². The van der Waals surface area contributed by atoms with E-state index in [2.05, 4.69) is 0 Å². The lowest BCUT2D eigenvalue weighted by atomic mass is 10.1. The van der Waals surface area contributed by atoms with Crippen LogP contribution in [0.4, 0.5) is 11.4 Å². The lowest BCUT2D eigenvalue weighted by molar-refractivity contribution is -0.384. The number of nitrogens with zero attached hydrogens (tertiary/aromatic N) is 2. The highest BCUT2D eigenvalue weighted by molar-refractivity contribution is 6.07. The van der Waals surface area contributed by atoms with Crippen LogP contribution < -0.4 is 4.90 Å². The van der Waals surface area contributed by atoms with E-state index in [0.717, 1.165) is 5.57 Å². The number of benzene rings is 2. The average Bonchev–Trinajstić information content (AvgIpc) is 2.55. The summed E-state index contributed by atoms with van der Waals surface area (Å²) in [5.74, 6) is -0.266. The van der Waals surface area contributed by atoms with Gasteiger partial charge < -0.3 is 0 Å². The molecule has 0 atom stereocenters. The number of nitro benzene ring substituents is 1. The number of amides is 1. The Bertz CT molecular complexity index is 735. The van der Waals surface area contributed by atoms with Crippen molar-refractivity contribution in [1.82, 2.24) is 0 Å². The Labute approximate surface area is 135 Å². The van der Waals surface area contributed by atoms with E-state index in [1.165, 1.54) is 11.0 Å². The van der Waals surface area contributed by atoms with Crippen LogP contribution in [0.25, 0.3) is 0 Å². The van der Waals surface area contributed by atoms with E-state index in [1.54, 1.807) is 42.5 Å². The Morgan fingerprint density at radius 1 is 1.09 bits per heavy atom. The first-order chi connectivity index (χ1) is 11.0. The van der Waals surface area contributed by atoms with Crippen molar-refractivity contribution in [2.24, 2.45) is 0 Å². The summed E-state index contributed by atoms with van der Waals surface area (Å²) in [7, 11) is 0. The molecular formula is C18H18N2O3. The highest BCUT2D eigenvalue weighted by Crippen LogP contribution is 2.29. The van der Waals surface area contributed by atoms with E-state index in [9.17, 15) is 14.9 Å². The summed E-state index contributed by atoms with van der Waals surface area (Å²) < 4.78 is 0. The van der Waals surface area contributed by atoms with Crippen LogP contribution in [0.1, 0.15) is 24.2 Å². The molecule has 0 aliphatic heterocycles. The maximum Gasteiger partial charge on any atom is 0.292 e. The first-order valence-corrected chi connectivity index (χ1v) is 7.24. The molecule has 2 aromatic carbocycles. The number of allylic oxidation sites excluding steroid dienone is 1. The quantitative estimate of drug-likeness (QED) is 0.472. The molecule has 0 aromatic heterocycles. The van der Waals surface area contributed by atoms with Gasteiger partial charge in [0.05, 0.1) is 4.92 Å². The maximum absolute atomic E-state index is 12.8. The number of anilines is 1. The first kappa shape index (κ1) is 16.4. The van der Waals surface area contributed by atoms with Crippen LogP contribution in [0, 0.1) is 10.1 Å². The van der Waals surface area contributed by atoms with Crippen molar-refractivity contribution in [3.8, 4) is 0 Å². The fraction of sp³-hybridized carbons (Fsp3) is 0.167. The molecule has 0 aliphatic carbocycles. The average molecular weight is 310 g/mol. The highest BCUT2D eigenvalue weighted by Gasteiger charge is 2.24. The molecule has 0 aliphatic rings. The molecule has 0 N–H and O–H groups in total. The molecule has 23 heavy (non-hydrogen) atoms. The monoisotopic (exact) mass is 310 g/mol. The van der Waals surface area contributed by atoms with Crippen LogP contribution in [-0.4, -0.2) is 17.4 Å². The Kier molecular flexibility index (Phi) is 5.25. The third kappa shape index (κ3) is 4.03. The smallest absolute Gasteiger partial charge is 0.292 e. The molecule has 0 radical (unpaired) electrons. The number of carbonyl (C=O) groups excluding carboxylic acids is 1. The minimum Gasteiger partial charge on any atom is -0.298 e. The molecule has 0 saturated carbocycles. The van der Waals surface area contributed by atoms with Crippen molar-refractivity contribution in [1.29, 1.82) is 0 Å². The Morgan fingerprint density at radius 3 is 2.30 bits per heavy atom. The molecule has 5 nitrogen and oxygen atoms in total. The van der Waals surface area contributed by atoms with Gasteiger partial charge in [0.15, 0.2) is 0 Å². The molecule has 118 valence electrons. The summed E-state index contributed by atoms with van der Waals surface area (Å²) in [6.45, 7) is 4.12. The van der Waals surface area contributed by atoms with E-state index in [0.29, 0.717) is 11.3 Å². The molecule has 2 rings (SSSR count). The number of rotatable bonds is 5. The third-order valence-corrected chi connectivity index (χ3v) is 3.32. The SMILES string of the molecule is CC(C)=CCN(C(=O)c1ccccc1)c1ccccc1[N+](=O)[O-]. The van der Waals surface area contributed by atoms with Crippen molar-refractivity contribution >= 4 is 17.3 Å². The van der Waals surface area contributed by atoms with E-state index < -0.39 is 4.92 Å². The van der Waals surface area contributed by atoms with Crippen molar-refractivity contribution < 1.29 is 9.72 Å². The molecule has 0 fully saturated rings. The van der Waals surface area contributed by atoms with Gasteiger partial charge >= 0.3 is 0 Å². The van der Waals surface area contributed by atoms with E-state index in [4.69, 9.17) is 0 Å². The van der Waals surface area contributed by atoms with Crippen molar-refractivity contribution in [2.45, 2.75) is 13.8 Å². The van der Waals surface area contributed by atoms with Crippen LogP contribution in [-0.2, 0) is 0 Å². The predicted octanol–water partition coefficient (Wildman–Crippen LogP) is 4.21. The summed E-state index contributed by atoms with van der Waals surface area (Å²) in [6.07, 6.45) is 1.87. The fourth-order valence-electron chi connectivity index (χ4n) is 2.15. The number of hydrogen-bond acceptors (Lipinski definition) is 3. The molecule has 5 heteroatoms. The van der Waals surface area contributed by atoms with Gasteiger partial charge in [-0.15, -0.1) is 0 Å². The van der Waals surface area contributed by atoms with E-state index >= 15 is 0 Å². The maximum atomic E-state index is 12.8. The zero-order chi connectivity index (χ0) is 16.8. The first-order valence-electron chi connectivity index (χ1n) is 7.24. The molecule has 0 saturated heterocycles. The second-order valence-electron chi connectivity index (χ2n) is 5.31. The minimum absolute atomic E-state index is 0.0843. The zero-order valence-corrected chi connectivity index (χ0v) is 13.1. The number of hydrogen-bond donors (Lipinski definition) is 0. The Hall–Kier alpha value is -2.95. The largest absolute Gasteiger partial charge is 0.298 e. The molecule has 0 spiro atoms. The van der Waals surface area contributed by atoms with Gasteiger partial charge in [0.1, 0.15) is 5.69 Å². The summed E-state index contributed by atoms with van der Waals surface area (Å²) in [5.41, 5.74) is 1.74. The van der Waals surface area contributed by atoms with E-state index in [1.807, 2.05) is 26.0 Å². The second-order valence-corrected chi connectivity index (χ2v) is 5.31. The standard InChI is InChI=1S/C18H18N2O3/c1-14(2)12-13-19(18(21)15-8-4-3-5-9-15)16-10-6-7-11-17(16)20(22)23/h3-12H,13H2,1-2H3. The molecule has 2 aromatic rings. The normalized spacial score (nSPS) is 10.0. The lowest BCUT2D eigenvalue weighted by Gasteiger charge is -2.21. The molecule has 0 heterocycles. The third-order valence-electron chi connectivity index (χ3n) is 3.32. The Balaban J connectivity index is 2.49. The van der Waals surface area contributed by atoms with Gasteiger partial charge in [0, 0.05) is 18.2 Å². The van der Waals surface area contributed by atoms with Crippen molar-refractivity contribution in [3.05, 3.63) is 81.9 Å². The summed E-state index contributed by atoms with van der Waals surface area (Å²) >= 11 is 0. The highest BCUT2D eigenvalue weighted by atomic mass is 16.6. The number of nitro groups is 1. The summed E-state index contributed by atoms with van der Waals surface area (Å²) in [5, 5.41) is 11.3. The topological polar surface area (TPSA) is 63.5 Å². The van der Waals surface area contributed by atoms with Gasteiger partial charge in [-0.05, 0) is 32.0 Å². The van der Waals surface area contributed by atoms with Crippen LogP contribution in [0.2, 0.25) is 0 Å². The second kappa shape index (κ2) is 7.35. The van der Waals surface area contributed by atoms with Gasteiger partial charge in [-0.25, -0.2) is 0 Å². The van der Waals surface area contributed by atoms with Crippen molar-refractivity contribution in [2.75, 3.05) is 11.4 Å². The summed E-state index contributed by atoms with van der Waals surface area (Å²) in [6, 6.07) is 15.0. The molecule has 0 unspecified atom stereocenters. The zero-order valence-electron chi connectivity index (χ0n) is 13.1. The molecule has 0 bridgehead atoms. The van der Waals surface area contributed by atoms with Crippen LogP contribution in [0.5, 0.6) is 0 Å². The summed E-state index contributed by atoms with van der Waals surface area (Å²) in [4.78, 5) is 25.0. The molecule has 1 amide bonds. The van der Waals surface area contributed by atoms with Crippen LogP contribution in [0.3, 0.4) is 0 Å². The lowest BCUT2D eigenvalue weighted by Crippen LogP contribution is -2.31. The van der Waals surface area contributed by atoms with Gasteiger partial charge in [-0.3, -0.25) is 19.8 Å². The Morgan fingerprint density at radius 2 is 1.70 bits per heavy atom. The molecular weight excluding hydrogens is 292 g/mol. The van der Waals surface area contributed by atoms with Gasteiger partial charge in [0.2, 0.25) is 0 Å². The van der Waals surface area contributed by atoms with Gasteiger partial charge in [0.25, 0.3) is 11.6 Å². The van der Waals surface area contributed by atoms with Crippen molar-refractivity contribution in [3.63, 3.8) is 0 Å².